The van der Waals surface area contributed by atoms with Crippen molar-refractivity contribution in [2.45, 2.75) is 25.7 Å². The highest BCUT2D eigenvalue weighted by molar-refractivity contribution is 5.95. The Morgan fingerprint density at radius 2 is 2.57 bits per heavy atom. The van der Waals surface area contributed by atoms with Crippen LogP contribution in [-0.2, 0) is 4.79 Å². The Balaban J connectivity index is 1.90. The molecule has 0 aromatic rings. The lowest BCUT2D eigenvalue weighted by Gasteiger charge is -2.18. The third-order valence-electron chi connectivity index (χ3n) is 3.69. The standard InChI is InChI=1S/C11H12N2O/c14-7-9-3-5-12-10(13-9)11-4-1-2-8(11)6-11/h3,5,8H,1-2,4,6H2,(H,12,13). The van der Waals surface area contributed by atoms with E-state index in [0.29, 0.717) is 11.1 Å². The molecule has 3 nitrogen and oxygen atoms in total. The van der Waals surface area contributed by atoms with Gasteiger partial charge in [-0.25, -0.2) is 9.79 Å². The summed E-state index contributed by atoms with van der Waals surface area (Å²) in [4.78, 5) is 14.9. The Bertz CT molecular complexity index is 390. The number of nitrogens with one attached hydrogen (secondary N) is 1. The molecule has 3 rings (SSSR count). The van der Waals surface area contributed by atoms with Crippen LogP contribution in [0.2, 0.25) is 0 Å². The zero-order chi connectivity index (χ0) is 9.60. The Morgan fingerprint density at radius 1 is 1.64 bits per heavy atom. The Kier molecular flexibility index (Phi) is 1.48. The predicted octanol–water partition coefficient (Wildman–Crippen LogP) is 1.41. The summed E-state index contributed by atoms with van der Waals surface area (Å²) < 4.78 is 0. The van der Waals surface area contributed by atoms with E-state index in [9.17, 15) is 4.79 Å². The zero-order valence-corrected chi connectivity index (χ0v) is 7.92. The topological polar surface area (TPSA) is 41.5 Å². The van der Waals surface area contributed by atoms with Crippen molar-refractivity contribution < 1.29 is 4.79 Å². The molecule has 0 aromatic carbocycles. The summed E-state index contributed by atoms with van der Waals surface area (Å²) >= 11 is 0. The first kappa shape index (κ1) is 8.01. The lowest BCUT2D eigenvalue weighted by Crippen LogP contribution is -2.32. The maximum absolute atomic E-state index is 10.5. The number of fused-ring (bicyclic) bond motifs is 1. The van der Waals surface area contributed by atoms with E-state index in [4.69, 9.17) is 0 Å². The molecule has 2 aliphatic carbocycles. The van der Waals surface area contributed by atoms with Gasteiger partial charge in [-0.15, -0.1) is 0 Å². The summed E-state index contributed by atoms with van der Waals surface area (Å²) in [6.45, 7) is 0. The van der Waals surface area contributed by atoms with Gasteiger partial charge in [0.2, 0.25) is 0 Å². The number of carbonyl (C=O) groups excluding carboxylic acids is 1. The molecular weight excluding hydrogens is 176 g/mol. The first-order chi connectivity index (χ1) is 6.85. The molecule has 0 saturated heterocycles. The van der Waals surface area contributed by atoms with Crippen LogP contribution in [0.1, 0.15) is 25.7 Å². The van der Waals surface area contributed by atoms with Crippen molar-refractivity contribution in [1.82, 2.24) is 5.32 Å². The lowest BCUT2D eigenvalue weighted by molar-refractivity contribution is 0.566. The lowest BCUT2D eigenvalue weighted by atomic mass is 10.0. The molecule has 0 aromatic heterocycles. The zero-order valence-electron chi connectivity index (χ0n) is 7.92. The molecule has 0 spiro atoms. The molecule has 3 heteroatoms. The van der Waals surface area contributed by atoms with E-state index in [1.54, 1.807) is 12.3 Å². The molecule has 2 atom stereocenters. The van der Waals surface area contributed by atoms with Crippen molar-refractivity contribution in [3.63, 3.8) is 0 Å². The maximum Gasteiger partial charge on any atom is 0.150 e. The van der Waals surface area contributed by atoms with Crippen molar-refractivity contribution in [3.8, 4) is 0 Å². The summed E-state index contributed by atoms with van der Waals surface area (Å²) in [6, 6.07) is 0. The molecule has 3 aliphatic rings. The van der Waals surface area contributed by atoms with Gasteiger partial charge in [0, 0.05) is 11.6 Å². The van der Waals surface area contributed by atoms with Crippen molar-refractivity contribution in [3.05, 3.63) is 18.0 Å². The van der Waals surface area contributed by atoms with Crippen LogP contribution in [0.5, 0.6) is 0 Å². The summed E-state index contributed by atoms with van der Waals surface area (Å²) in [5, 5.41) is 3.08. The van der Waals surface area contributed by atoms with Crippen LogP contribution in [0.3, 0.4) is 0 Å². The molecule has 1 N–H and O–H groups in total. The van der Waals surface area contributed by atoms with E-state index >= 15 is 0 Å². The maximum atomic E-state index is 10.5. The highest BCUT2D eigenvalue weighted by atomic mass is 16.1. The van der Waals surface area contributed by atoms with E-state index in [-0.39, 0.29) is 0 Å². The van der Waals surface area contributed by atoms with Crippen molar-refractivity contribution in [2.24, 2.45) is 16.3 Å². The quantitative estimate of drug-likeness (QED) is 0.632. The normalized spacial score (nSPS) is 38.4. The minimum absolute atomic E-state index is 0.298. The number of allylic oxidation sites excluding steroid dienone is 1. The van der Waals surface area contributed by atoms with Gasteiger partial charge in [0.1, 0.15) is 11.5 Å². The van der Waals surface area contributed by atoms with E-state index in [1.165, 1.54) is 25.7 Å². The highest BCUT2D eigenvalue weighted by Gasteiger charge is 2.60. The number of rotatable bonds is 1. The van der Waals surface area contributed by atoms with Gasteiger partial charge in [0.05, 0.1) is 0 Å². The largest absolute Gasteiger partial charge is 0.334 e. The van der Waals surface area contributed by atoms with Crippen LogP contribution in [-0.4, -0.2) is 11.8 Å². The Labute approximate surface area is 82.6 Å². The summed E-state index contributed by atoms with van der Waals surface area (Å²) in [5.74, 6) is 3.69. The fourth-order valence-electron chi connectivity index (χ4n) is 2.84. The fraction of sp³-hybridized carbons (Fsp3) is 0.545. The van der Waals surface area contributed by atoms with Gasteiger partial charge >= 0.3 is 0 Å². The van der Waals surface area contributed by atoms with Crippen molar-refractivity contribution >= 4 is 11.8 Å². The van der Waals surface area contributed by atoms with Gasteiger partial charge in [-0.1, -0.05) is 6.42 Å². The summed E-state index contributed by atoms with van der Waals surface area (Å²) in [7, 11) is 0. The molecule has 0 amide bonds. The van der Waals surface area contributed by atoms with Crippen molar-refractivity contribution in [1.29, 1.82) is 0 Å². The van der Waals surface area contributed by atoms with Gasteiger partial charge in [-0.2, -0.15) is 0 Å². The molecule has 2 unspecified atom stereocenters. The second kappa shape index (κ2) is 2.58. The van der Waals surface area contributed by atoms with E-state index in [2.05, 4.69) is 10.3 Å². The minimum Gasteiger partial charge on any atom is -0.334 e. The molecule has 0 bridgehead atoms. The second-order valence-corrected chi connectivity index (χ2v) is 4.38. The molecular formula is C11H12N2O. The molecule has 2 fully saturated rings. The molecule has 2 saturated carbocycles. The van der Waals surface area contributed by atoms with Gasteiger partial charge in [-0.05, 0) is 31.3 Å². The fourth-order valence-corrected chi connectivity index (χ4v) is 2.84. The second-order valence-electron chi connectivity index (χ2n) is 4.38. The van der Waals surface area contributed by atoms with Crippen LogP contribution >= 0.6 is 0 Å². The monoisotopic (exact) mass is 188 g/mol. The third kappa shape index (κ3) is 0.933. The average molecular weight is 188 g/mol. The Hall–Kier alpha value is -1.34. The van der Waals surface area contributed by atoms with Gasteiger partial charge < -0.3 is 5.32 Å². The third-order valence-corrected chi connectivity index (χ3v) is 3.69. The van der Waals surface area contributed by atoms with Crippen LogP contribution in [0.4, 0.5) is 0 Å². The van der Waals surface area contributed by atoms with Crippen LogP contribution in [0.15, 0.2) is 23.0 Å². The molecule has 14 heavy (non-hydrogen) atoms. The smallest absolute Gasteiger partial charge is 0.150 e. The van der Waals surface area contributed by atoms with E-state index in [0.717, 1.165) is 11.8 Å². The number of aliphatic imine (C=N–C) groups is 1. The number of hydrogen-bond donors (Lipinski definition) is 1. The molecule has 72 valence electrons. The summed E-state index contributed by atoms with van der Waals surface area (Å²) in [6.07, 6.45) is 8.47. The summed E-state index contributed by atoms with van der Waals surface area (Å²) in [5.41, 5.74) is 0.814. The van der Waals surface area contributed by atoms with E-state index < -0.39 is 0 Å². The van der Waals surface area contributed by atoms with Gasteiger partial charge in [0.25, 0.3) is 0 Å². The Morgan fingerprint density at radius 3 is 3.21 bits per heavy atom. The predicted molar refractivity (Wildman–Crippen MR) is 53.3 cm³/mol. The number of hydrogen-bond acceptors (Lipinski definition) is 3. The minimum atomic E-state index is 0.298. The first-order valence-electron chi connectivity index (χ1n) is 5.12. The van der Waals surface area contributed by atoms with Crippen LogP contribution < -0.4 is 5.32 Å². The number of amidine groups is 1. The van der Waals surface area contributed by atoms with Crippen LogP contribution in [0.25, 0.3) is 0 Å². The van der Waals surface area contributed by atoms with E-state index in [1.807, 2.05) is 5.94 Å². The highest BCUT2D eigenvalue weighted by Crippen LogP contribution is 2.64. The average Bonchev–Trinajstić information content (AvgIpc) is 2.82. The molecule has 0 radical (unpaired) electrons. The first-order valence-corrected chi connectivity index (χ1v) is 5.12. The van der Waals surface area contributed by atoms with Crippen LogP contribution in [0, 0.1) is 11.3 Å². The van der Waals surface area contributed by atoms with Crippen molar-refractivity contribution in [2.75, 3.05) is 0 Å². The SMILES string of the molecule is O=C=C1C=CN=C(C23CCCC2C3)N1. The molecule has 1 aliphatic heterocycles. The number of nitrogens with zero attached hydrogens (tertiary/aromatic N) is 1. The van der Waals surface area contributed by atoms with Gasteiger partial charge in [-0.3, -0.25) is 0 Å². The van der Waals surface area contributed by atoms with Gasteiger partial charge in [0.15, 0.2) is 5.94 Å². The molecule has 1 heterocycles.